The third-order valence-electron chi connectivity index (χ3n) is 5.24. The molecule has 4 aromatic rings. The number of nitrogens with zero attached hydrogens (tertiary/aromatic N) is 2. The second-order valence-electron chi connectivity index (χ2n) is 7.52. The third kappa shape index (κ3) is 5.04. The van der Waals surface area contributed by atoms with Crippen LogP contribution in [0.15, 0.2) is 60.7 Å². The lowest BCUT2D eigenvalue weighted by atomic mass is 10.2. The summed E-state index contributed by atoms with van der Waals surface area (Å²) in [5, 5.41) is 0.490. The van der Waals surface area contributed by atoms with Gasteiger partial charge in [0.15, 0.2) is 23.2 Å². The van der Waals surface area contributed by atoms with Crippen LogP contribution in [0.3, 0.4) is 0 Å². The van der Waals surface area contributed by atoms with Crippen molar-refractivity contribution in [2.45, 2.75) is 6.92 Å². The number of carbonyl (C=O) groups is 2. The fourth-order valence-electron chi connectivity index (χ4n) is 3.48. The molecule has 0 aliphatic rings. The SMILES string of the molecule is COc1cc(C(=O)OCC(=O)N(c2ccc(C)cc2)c2nc3ccccc3s2)cc(OC)c1OC. The quantitative estimate of drug-likeness (QED) is 0.314. The second-order valence-corrected chi connectivity index (χ2v) is 8.53. The standard InChI is InChI=1S/C26H24N2O6S/c1-16-9-11-18(12-10-16)28(26-27-19-7-5-6-8-22(19)35-26)23(29)15-34-25(30)17-13-20(31-2)24(33-4)21(14-17)32-3/h5-14H,15H2,1-4H3. The number of fused-ring (bicyclic) bond motifs is 1. The zero-order valence-corrected chi connectivity index (χ0v) is 20.5. The molecule has 0 unspecified atom stereocenters. The number of esters is 1. The Kier molecular flexibility index (Phi) is 7.17. The monoisotopic (exact) mass is 492 g/mol. The largest absolute Gasteiger partial charge is 0.493 e. The van der Waals surface area contributed by atoms with Gasteiger partial charge in [0.05, 0.1) is 42.8 Å². The Morgan fingerprint density at radius 1 is 0.914 bits per heavy atom. The van der Waals surface area contributed by atoms with Crippen molar-refractivity contribution in [3.05, 3.63) is 71.8 Å². The molecule has 0 aliphatic heterocycles. The van der Waals surface area contributed by atoms with Crippen molar-refractivity contribution in [3.8, 4) is 17.2 Å². The summed E-state index contributed by atoms with van der Waals surface area (Å²) in [6, 6.07) is 18.1. The summed E-state index contributed by atoms with van der Waals surface area (Å²) >= 11 is 1.38. The van der Waals surface area contributed by atoms with Gasteiger partial charge in [0, 0.05) is 0 Å². The fourth-order valence-corrected chi connectivity index (χ4v) is 4.49. The van der Waals surface area contributed by atoms with Gasteiger partial charge < -0.3 is 18.9 Å². The Labute approximate surface area is 206 Å². The van der Waals surface area contributed by atoms with E-state index in [1.54, 1.807) is 0 Å². The molecule has 8 nitrogen and oxygen atoms in total. The molecule has 0 bridgehead atoms. The van der Waals surface area contributed by atoms with Gasteiger partial charge in [-0.15, -0.1) is 0 Å². The molecule has 9 heteroatoms. The van der Waals surface area contributed by atoms with Gasteiger partial charge in [-0.05, 0) is 43.3 Å². The van der Waals surface area contributed by atoms with Crippen molar-refractivity contribution in [2.75, 3.05) is 32.8 Å². The maximum absolute atomic E-state index is 13.3. The van der Waals surface area contributed by atoms with Crippen LogP contribution in [0.4, 0.5) is 10.8 Å². The van der Waals surface area contributed by atoms with E-state index in [9.17, 15) is 9.59 Å². The minimum Gasteiger partial charge on any atom is -0.493 e. The summed E-state index contributed by atoms with van der Waals surface area (Å²) in [4.78, 5) is 32.2. The Morgan fingerprint density at radius 2 is 1.57 bits per heavy atom. The van der Waals surface area contributed by atoms with Crippen LogP contribution in [0.25, 0.3) is 10.2 Å². The summed E-state index contributed by atoms with van der Waals surface area (Å²) in [5.74, 6) is -0.176. The number of aromatic nitrogens is 1. The van der Waals surface area contributed by atoms with Crippen molar-refractivity contribution in [1.29, 1.82) is 0 Å². The van der Waals surface area contributed by atoms with Crippen LogP contribution in [-0.4, -0.2) is 44.8 Å². The molecule has 0 N–H and O–H groups in total. The van der Waals surface area contributed by atoms with Crippen LogP contribution in [-0.2, 0) is 9.53 Å². The lowest BCUT2D eigenvalue weighted by molar-refractivity contribution is -0.120. The number of anilines is 2. The average molecular weight is 493 g/mol. The van der Waals surface area contributed by atoms with Crippen LogP contribution in [0, 0.1) is 6.92 Å². The van der Waals surface area contributed by atoms with Crippen molar-refractivity contribution in [2.24, 2.45) is 0 Å². The zero-order valence-electron chi connectivity index (χ0n) is 19.7. The Balaban J connectivity index is 1.60. The van der Waals surface area contributed by atoms with Crippen LogP contribution in [0.1, 0.15) is 15.9 Å². The van der Waals surface area contributed by atoms with E-state index in [1.807, 2.05) is 55.5 Å². The van der Waals surface area contributed by atoms with Gasteiger partial charge in [0.25, 0.3) is 5.91 Å². The average Bonchev–Trinajstić information content (AvgIpc) is 3.31. The number of thiazole rings is 1. The van der Waals surface area contributed by atoms with Gasteiger partial charge in [-0.1, -0.05) is 41.2 Å². The van der Waals surface area contributed by atoms with Crippen molar-refractivity contribution in [3.63, 3.8) is 0 Å². The van der Waals surface area contributed by atoms with E-state index < -0.39 is 18.5 Å². The van der Waals surface area contributed by atoms with E-state index in [0.717, 1.165) is 15.8 Å². The first-order valence-electron chi connectivity index (χ1n) is 10.7. The molecule has 35 heavy (non-hydrogen) atoms. The van der Waals surface area contributed by atoms with E-state index in [-0.39, 0.29) is 5.56 Å². The number of rotatable bonds is 8. The summed E-state index contributed by atoms with van der Waals surface area (Å²) in [7, 11) is 4.37. The number of carbonyl (C=O) groups excluding carboxylic acids is 2. The molecule has 0 radical (unpaired) electrons. The molecule has 0 spiro atoms. The van der Waals surface area contributed by atoms with Gasteiger partial charge in [-0.25, -0.2) is 9.78 Å². The van der Waals surface area contributed by atoms with Gasteiger partial charge in [0.1, 0.15) is 0 Å². The number of hydrogen-bond acceptors (Lipinski definition) is 8. The maximum atomic E-state index is 13.3. The Morgan fingerprint density at radius 3 is 2.17 bits per heavy atom. The van der Waals surface area contributed by atoms with E-state index in [1.165, 1.54) is 49.7 Å². The highest BCUT2D eigenvalue weighted by atomic mass is 32.1. The first kappa shape index (κ1) is 24.0. The molecule has 0 saturated heterocycles. The van der Waals surface area contributed by atoms with E-state index in [0.29, 0.717) is 28.1 Å². The zero-order chi connectivity index (χ0) is 24.9. The summed E-state index contributed by atoms with van der Waals surface area (Å²) in [6.07, 6.45) is 0. The molecule has 4 rings (SSSR count). The Hall–Kier alpha value is -4.11. The molecular formula is C26H24N2O6S. The van der Waals surface area contributed by atoms with Gasteiger partial charge in [-0.2, -0.15) is 0 Å². The first-order chi connectivity index (χ1) is 16.9. The normalized spacial score (nSPS) is 10.6. The molecule has 1 aromatic heterocycles. The van der Waals surface area contributed by atoms with Gasteiger partial charge >= 0.3 is 5.97 Å². The van der Waals surface area contributed by atoms with Gasteiger partial charge in [0.2, 0.25) is 5.75 Å². The molecule has 0 saturated carbocycles. The number of aryl methyl sites for hydroxylation is 1. The maximum Gasteiger partial charge on any atom is 0.338 e. The number of ether oxygens (including phenoxy) is 4. The Bertz CT molecular complexity index is 1310. The first-order valence-corrected chi connectivity index (χ1v) is 11.5. The number of para-hydroxylation sites is 1. The van der Waals surface area contributed by atoms with Crippen LogP contribution in [0.5, 0.6) is 17.2 Å². The molecule has 1 heterocycles. The topological polar surface area (TPSA) is 87.2 Å². The lowest BCUT2D eigenvalue weighted by Gasteiger charge is -2.20. The highest BCUT2D eigenvalue weighted by Crippen LogP contribution is 2.38. The summed E-state index contributed by atoms with van der Waals surface area (Å²) in [5.41, 5.74) is 2.63. The van der Waals surface area contributed by atoms with Crippen LogP contribution < -0.4 is 19.1 Å². The van der Waals surface area contributed by atoms with Crippen LogP contribution in [0.2, 0.25) is 0 Å². The third-order valence-corrected chi connectivity index (χ3v) is 6.26. The number of benzene rings is 3. The number of amides is 1. The molecule has 0 fully saturated rings. The second kappa shape index (κ2) is 10.4. The predicted molar refractivity (Wildman–Crippen MR) is 134 cm³/mol. The fraction of sp³-hybridized carbons (Fsp3) is 0.192. The number of methoxy groups -OCH3 is 3. The summed E-state index contributed by atoms with van der Waals surface area (Å²) in [6.45, 7) is 1.48. The highest BCUT2D eigenvalue weighted by molar-refractivity contribution is 7.22. The van der Waals surface area contributed by atoms with E-state index in [4.69, 9.17) is 18.9 Å². The van der Waals surface area contributed by atoms with E-state index in [2.05, 4.69) is 4.98 Å². The molecule has 3 aromatic carbocycles. The van der Waals surface area contributed by atoms with Crippen molar-refractivity contribution < 1.29 is 28.5 Å². The van der Waals surface area contributed by atoms with Crippen molar-refractivity contribution in [1.82, 2.24) is 4.98 Å². The molecule has 1 amide bonds. The molecule has 180 valence electrons. The minimum atomic E-state index is -0.703. The minimum absolute atomic E-state index is 0.161. The summed E-state index contributed by atoms with van der Waals surface area (Å²) < 4.78 is 22.2. The number of hydrogen-bond donors (Lipinski definition) is 0. The van der Waals surface area contributed by atoms with Gasteiger partial charge in [-0.3, -0.25) is 9.69 Å². The van der Waals surface area contributed by atoms with Crippen LogP contribution >= 0.6 is 11.3 Å². The molecular weight excluding hydrogens is 468 g/mol. The lowest BCUT2D eigenvalue weighted by Crippen LogP contribution is -2.30. The molecule has 0 aliphatic carbocycles. The smallest absolute Gasteiger partial charge is 0.338 e. The van der Waals surface area contributed by atoms with Crippen molar-refractivity contribution >= 4 is 44.2 Å². The predicted octanol–water partition coefficient (Wildman–Crippen LogP) is 5.15. The molecule has 0 atom stereocenters. The highest BCUT2D eigenvalue weighted by Gasteiger charge is 2.24. The van der Waals surface area contributed by atoms with E-state index >= 15 is 0 Å².